The summed E-state index contributed by atoms with van der Waals surface area (Å²) in [5.74, 6) is -3.33. The fraction of sp³-hybridized carbons (Fsp3) is 0. The molecule has 0 atom stereocenters. The summed E-state index contributed by atoms with van der Waals surface area (Å²) in [6.07, 6.45) is 0. The summed E-state index contributed by atoms with van der Waals surface area (Å²) in [4.78, 5) is 11.7. The molecule has 2 aromatic rings. The first-order chi connectivity index (χ1) is 9.90. The van der Waals surface area contributed by atoms with Crippen LogP contribution in [-0.2, 0) is 0 Å². The maximum absolute atomic E-state index is 13.6. The Morgan fingerprint density at radius 2 is 1.81 bits per heavy atom. The van der Waals surface area contributed by atoms with E-state index in [0.29, 0.717) is 0 Å². The van der Waals surface area contributed by atoms with Gasteiger partial charge in [0.2, 0.25) is 0 Å². The number of anilines is 1. The van der Waals surface area contributed by atoms with Gasteiger partial charge in [-0.15, -0.1) is 0 Å². The molecular formula is C14H9F3N2OS. The minimum Gasteiger partial charge on any atom is -0.389 e. The molecule has 1 amide bonds. The zero-order valence-corrected chi connectivity index (χ0v) is 11.3. The zero-order valence-electron chi connectivity index (χ0n) is 10.5. The van der Waals surface area contributed by atoms with E-state index in [1.54, 1.807) is 0 Å². The molecule has 0 fully saturated rings. The Morgan fingerprint density at radius 3 is 2.48 bits per heavy atom. The maximum Gasteiger partial charge on any atom is 0.258 e. The van der Waals surface area contributed by atoms with E-state index in [9.17, 15) is 18.0 Å². The third kappa shape index (κ3) is 3.19. The van der Waals surface area contributed by atoms with Crippen molar-refractivity contribution in [2.75, 3.05) is 5.32 Å². The van der Waals surface area contributed by atoms with Crippen LogP contribution in [0.1, 0.15) is 15.9 Å². The molecule has 7 heteroatoms. The highest BCUT2D eigenvalue weighted by molar-refractivity contribution is 7.80. The number of carbonyl (C=O) groups is 1. The highest BCUT2D eigenvalue weighted by Crippen LogP contribution is 2.20. The van der Waals surface area contributed by atoms with Crippen LogP contribution in [0.3, 0.4) is 0 Å². The van der Waals surface area contributed by atoms with Gasteiger partial charge < -0.3 is 11.1 Å². The van der Waals surface area contributed by atoms with Gasteiger partial charge in [0.25, 0.3) is 5.91 Å². The van der Waals surface area contributed by atoms with Crippen molar-refractivity contribution < 1.29 is 18.0 Å². The fourth-order valence-electron chi connectivity index (χ4n) is 1.74. The minimum atomic E-state index is -0.935. The Labute approximate surface area is 123 Å². The molecule has 0 aliphatic heterocycles. The molecule has 3 N–H and O–H groups in total. The lowest BCUT2D eigenvalue weighted by atomic mass is 10.1. The lowest BCUT2D eigenvalue weighted by Crippen LogP contribution is -2.20. The highest BCUT2D eigenvalue weighted by Gasteiger charge is 2.17. The first kappa shape index (κ1) is 15.0. The van der Waals surface area contributed by atoms with Gasteiger partial charge in [0, 0.05) is 0 Å². The molecule has 0 saturated heterocycles. The van der Waals surface area contributed by atoms with Crippen LogP contribution in [0.5, 0.6) is 0 Å². The van der Waals surface area contributed by atoms with Crippen molar-refractivity contribution in [2.45, 2.75) is 0 Å². The van der Waals surface area contributed by atoms with Crippen LogP contribution < -0.4 is 11.1 Å². The van der Waals surface area contributed by atoms with E-state index in [1.165, 1.54) is 12.1 Å². The summed E-state index contributed by atoms with van der Waals surface area (Å²) in [5.41, 5.74) is 4.70. The van der Waals surface area contributed by atoms with Crippen LogP contribution in [0.25, 0.3) is 0 Å². The topological polar surface area (TPSA) is 55.1 Å². The molecular weight excluding hydrogens is 301 g/mol. The molecule has 0 bridgehead atoms. The third-order valence-corrected chi connectivity index (χ3v) is 2.89. The second kappa shape index (κ2) is 5.92. The molecule has 3 nitrogen and oxygen atoms in total. The Bertz CT molecular complexity index is 734. The minimum absolute atomic E-state index is 0.0174. The normalized spacial score (nSPS) is 10.2. The standard InChI is InChI=1S/C14H9F3N2OS/c15-7-4-5-9(16)8(6-7)14(20)19-11-3-1-2-10(17)12(11)13(18)21/h1-6H,(H2,18,21)(H,19,20). The van der Waals surface area contributed by atoms with Crippen molar-refractivity contribution in [3.63, 3.8) is 0 Å². The Morgan fingerprint density at radius 1 is 1.10 bits per heavy atom. The molecule has 0 saturated carbocycles. The lowest BCUT2D eigenvalue weighted by molar-refractivity contribution is 0.102. The van der Waals surface area contributed by atoms with Crippen LogP contribution in [0.2, 0.25) is 0 Å². The van der Waals surface area contributed by atoms with Gasteiger partial charge >= 0.3 is 0 Å². The highest BCUT2D eigenvalue weighted by atomic mass is 32.1. The van der Waals surface area contributed by atoms with Crippen LogP contribution in [0.4, 0.5) is 18.9 Å². The molecule has 21 heavy (non-hydrogen) atoms. The van der Waals surface area contributed by atoms with Gasteiger partial charge in [-0.05, 0) is 30.3 Å². The molecule has 0 radical (unpaired) electrons. The molecule has 0 aromatic heterocycles. The maximum atomic E-state index is 13.6. The van der Waals surface area contributed by atoms with Gasteiger partial charge in [-0.3, -0.25) is 4.79 Å². The molecule has 0 heterocycles. The van der Waals surface area contributed by atoms with Crippen molar-refractivity contribution in [3.8, 4) is 0 Å². The van der Waals surface area contributed by atoms with Gasteiger partial charge in [0.05, 0.1) is 16.8 Å². The smallest absolute Gasteiger partial charge is 0.258 e. The van der Waals surface area contributed by atoms with Crippen LogP contribution >= 0.6 is 12.2 Å². The van der Waals surface area contributed by atoms with Crippen molar-refractivity contribution >= 4 is 28.8 Å². The zero-order chi connectivity index (χ0) is 15.6. The van der Waals surface area contributed by atoms with E-state index in [0.717, 1.165) is 24.3 Å². The average molecular weight is 310 g/mol. The number of hydrogen-bond acceptors (Lipinski definition) is 2. The van der Waals surface area contributed by atoms with Gasteiger partial charge in [-0.1, -0.05) is 18.3 Å². The average Bonchev–Trinajstić information content (AvgIpc) is 2.41. The Hall–Kier alpha value is -2.41. The summed E-state index contributed by atoms with van der Waals surface area (Å²) >= 11 is 4.71. The number of rotatable bonds is 3. The van der Waals surface area contributed by atoms with E-state index in [-0.39, 0.29) is 16.2 Å². The Balaban J connectivity index is 2.39. The monoisotopic (exact) mass is 310 g/mol. The van der Waals surface area contributed by atoms with Crippen molar-refractivity contribution in [1.82, 2.24) is 0 Å². The number of amides is 1. The molecule has 2 aromatic carbocycles. The Kier molecular flexibility index (Phi) is 4.23. The van der Waals surface area contributed by atoms with E-state index in [2.05, 4.69) is 5.32 Å². The predicted molar refractivity (Wildman–Crippen MR) is 76.6 cm³/mol. The number of halogens is 3. The van der Waals surface area contributed by atoms with Crippen molar-refractivity contribution in [3.05, 3.63) is 65.0 Å². The number of hydrogen-bond donors (Lipinski definition) is 2. The van der Waals surface area contributed by atoms with Crippen LogP contribution in [-0.4, -0.2) is 10.9 Å². The van der Waals surface area contributed by atoms with Crippen LogP contribution in [0, 0.1) is 17.5 Å². The number of benzene rings is 2. The molecule has 2 rings (SSSR count). The first-order valence-corrected chi connectivity index (χ1v) is 6.15. The lowest BCUT2D eigenvalue weighted by Gasteiger charge is -2.11. The third-order valence-electron chi connectivity index (χ3n) is 2.68. The summed E-state index contributed by atoms with van der Waals surface area (Å²) < 4.78 is 40.2. The van der Waals surface area contributed by atoms with E-state index >= 15 is 0 Å². The van der Waals surface area contributed by atoms with Crippen LogP contribution in [0.15, 0.2) is 36.4 Å². The van der Waals surface area contributed by atoms with E-state index in [1.807, 2.05) is 0 Å². The second-order valence-corrected chi connectivity index (χ2v) is 4.54. The summed E-state index contributed by atoms with van der Waals surface area (Å²) in [6.45, 7) is 0. The quantitative estimate of drug-likeness (QED) is 0.857. The summed E-state index contributed by atoms with van der Waals surface area (Å²) in [5, 5.41) is 2.26. The molecule has 0 aliphatic carbocycles. The van der Waals surface area contributed by atoms with Crippen molar-refractivity contribution in [1.29, 1.82) is 0 Å². The predicted octanol–water partition coefficient (Wildman–Crippen LogP) is 2.99. The summed E-state index contributed by atoms with van der Waals surface area (Å²) in [7, 11) is 0. The van der Waals surface area contributed by atoms with Gasteiger partial charge in [-0.25, -0.2) is 13.2 Å². The second-order valence-electron chi connectivity index (χ2n) is 4.10. The summed E-state index contributed by atoms with van der Waals surface area (Å²) in [6, 6.07) is 6.25. The molecule has 0 aliphatic rings. The largest absolute Gasteiger partial charge is 0.389 e. The number of nitrogens with two attached hydrogens (primary N) is 1. The number of thiocarbonyl (C=S) groups is 1. The van der Waals surface area contributed by atoms with Gasteiger partial charge in [-0.2, -0.15) is 0 Å². The van der Waals surface area contributed by atoms with E-state index in [4.69, 9.17) is 18.0 Å². The number of nitrogens with one attached hydrogen (secondary N) is 1. The molecule has 108 valence electrons. The van der Waals surface area contributed by atoms with E-state index < -0.39 is 28.9 Å². The molecule has 0 unspecified atom stereocenters. The van der Waals surface area contributed by atoms with Gasteiger partial charge in [0.1, 0.15) is 22.4 Å². The fourth-order valence-corrected chi connectivity index (χ4v) is 1.95. The van der Waals surface area contributed by atoms with Crippen molar-refractivity contribution in [2.24, 2.45) is 5.73 Å². The SMILES string of the molecule is NC(=S)c1c(F)cccc1NC(=O)c1cc(F)ccc1F. The van der Waals surface area contributed by atoms with Gasteiger partial charge in [0.15, 0.2) is 0 Å². The number of carbonyl (C=O) groups excluding carboxylic acids is 1. The molecule has 0 spiro atoms. The first-order valence-electron chi connectivity index (χ1n) is 5.75.